The zero-order valence-corrected chi connectivity index (χ0v) is 15.2. The number of benzene rings is 3. The van der Waals surface area contributed by atoms with Crippen LogP contribution in [0.15, 0.2) is 72.8 Å². The van der Waals surface area contributed by atoms with E-state index in [0.717, 1.165) is 5.56 Å². The van der Waals surface area contributed by atoms with Gasteiger partial charge in [0.25, 0.3) is 0 Å². The minimum atomic E-state index is -0.490. The second-order valence-corrected chi connectivity index (χ2v) is 6.44. The first-order valence-corrected chi connectivity index (χ1v) is 8.73. The van der Waals surface area contributed by atoms with Crippen molar-refractivity contribution < 1.29 is 14.0 Å². The van der Waals surface area contributed by atoms with Crippen molar-refractivity contribution in [2.24, 2.45) is 0 Å². The summed E-state index contributed by atoms with van der Waals surface area (Å²) in [7, 11) is 0. The maximum atomic E-state index is 13.7. The lowest BCUT2D eigenvalue weighted by atomic mass is 9.95. The molecule has 1 N–H and O–H groups in total. The highest BCUT2D eigenvalue weighted by Crippen LogP contribution is 2.23. The standard InChI is InChI=1S/C23H20FNO2/c1-15(23(27)25-21-13-7-12-20(24)16(21)2)18-10-6-11-19(14-18)22(26)17-8-4-3-5-9-17/h3-15H,1-2H3,(H,25,27)/t15-/m0/s1. The number of carbonyl (C=O) groups excluding carboxylic acids is 2. The van der Waals surface area contributed by atoms with Gasteiger partial charge >= 0.3 is 0 Å². The number of rotatable bonds is 5. The van der Waals surface area contributed by atoms with E-state index in [0.29, 0.717) is 22.4 Å². The largest absolute Gasteiger partial charge is 0.325 e. The molecule has 0 aliphatic heterocycles. The molecule has 0 aromatic heterocycles. The first-order valence-electron chi connectivity index (χ1n) is 8.73. The predicted molar refractivity (Wildman–Crippen MR) is 104 cm³/mol. The molecule has 1 atom stereocenters. The van der Waals surface area contributed by atoms with Crippen LogP contribution in [0.4, 0.5) is 10.1 Å². The van der Waals surface area contributed by atoms with Crippen molar-refractivity contribution in [1.82, 2.24) is 0 Å². The van der Waals surface area contributed by atoms with Crippen LogP contribution in [-0.2, 0) is 4.79 Å². The molecule has 27 heavy (non-hydrogen) atoms. The number of halogens is 1. The van der Waals surface area contributed by atoms with Crippen molar-refractivity contribution in [3.05, 3.63) is 101 Å². The van der Waals surface area contributed by atoms with Gasteiger partial charge in [0.05, 0.1) is 5.92 Å². The molecule has 0 fully saturated rings. The molecule has 0 spiro atoms. The van der Waals surface area contributed by atoms with E-state index in [9.17, 15) is 14.0 Å². The number of carbonyl (C=O) groups is 2. The monoisotopic (exact) mass is 361 g/mol. The molecule has 0 radical (unpaired) electrons. The molecular weight excluding hydrogens is 341 g/mol. The summed E-state index contributed by atoms with van der Waals surface area (Å²) in [6.07, 6.45) is 0. The summed E-state index contributed by atoms with van der Waals surface area (Å²) in [5.74, 6) is -1.20. The average molecular weight is 361 g/mol. The van der Waals surface area contributed by atoms with Crippen LogP contribution in [0.2, 0.25) is 0 Å². The zero-order chi connectivity index (χ0) is 19.4. The van der Waals surface area contributed by atoms with Crippen molar-refractivity contribution in [2.75, 3.05) is 5.32 Å². The van der Waals surface area contributed by atoms with Gasteiger partial charge in [-0.2, -0.15) is 0 Å². The normalized spacial score (nSPS) is 11.7. The van der Waals surface area contributed by atoms with Crippen LogP contribution in [0.3, 0.4) is 0 Å². The summed E-state index contributed by atoms with van der Waals surface area (Å²) < 4.78 is 13.7. The molecule has 0 saturated carbocycles. The lowest BCUT2D eigenvalue weighted by Gasteiger charge is -2.15. The molecule has 0 aliphatic carbocycles. The van der Waals surface area contributed by atoms with Gasteiger partial charge in [0.1, 0.15) is 5.82 Å². The minimum absolute atomic E-state index is 0.0916. The van der Waals surface area contributed by atoms with E-state index in [-0.39, 0.29) is 17.5 Å². The third-order valence-corrected chi connectivity index (χ3v) is 4.60. The Labute approximate surface area is 157 Å². The number of anilines is 1. The Balaban J connectivity index is 1.81. The van der Waals surface area contributed by atoms with E-state index >= 15 is 0 Å². The Hall–Kier alpha value is -3.27. The van der Waals surface area contributed by atoms with Crippen LogP contribution in [0.1, 0.15) is 39.9 Å². The molecule has 3 aromatic carbocycles. The SMILES string of the molecule is Cc1c(F)cccc1NC(=O)[C@@H](C)c1cccc(C(=O)c2ccccc2)c1. The van der Waals surface area contributed by atoms with Gasteiger partial charge in [-0.15, -0.1) is 0 Å². The van der Waals surface area contributed by atoms with E-state index in [2.05, 4.69) is 5.32 Å². The summed E-state index contributed by atoms with van der Waals surface area (Å²) in [6, 6.07) is 20.6. The predicted octanol–water partition coefficient (Wildman–Crippen LogP) is 5.11. The van der Waals surface area contributed by atoms with Crippen molar-refractivity contribution in [2.45, 2.75) is 19.8 Å². The second-order valence-electron chi connectivity index (χ2n) is 6.44. The Morgan fingerprint density at radius 2 is 1.56 bits per heavy atom. The minimum Gasteiger partial charge on any atom is -0.325 e. The summed E-state index contributed by atoms with van der Waals surface area (Å²) in [4.78, 5) is 25.2. The highest BCUT2D eigenvalue weighted by atomic mass is 19.1. The van der Waals surface area contributed by atoms with Crippen LogP contribution in [0.5, 0.6) is 0 Å². The molecule has 3 aromatic rings. The van der Waals surface area contributed by atoms with Crippen LogP contribution in [0.25, 0.3) is 0 Å². The Morgan fingerprint density at radius 3 is 2.30 bits per heavy atom. The van der Waals surface area contributed by atoms with E-state index in [1.807, 2.05) is 24.3 Å². The Bertz CT molecular complexity index is 983. The quantitative estimate of drug-likeness (QED) is 0.642. The summed E-state index contributed by atoms with van der Waals surface area (Å²) in [5.41, 5.74) is 2.69. The third kappa shape index (κ3) is 4.11. The molecule has 3 rings (SSSR count). The highest BCUT2D eigenvalue weighted by Gasteiger charge is 2.18. The van der Waals surface area contributed by atoms with Crippen LogP contribution < -0.4 is 5.32 Å². The summed E-state index contributed by atoms with van der Waals surface area (Å²) in [5, 5.41) is 2.77. The first kappa shape index (κ1) is 18.5. The van der Waals surface area contributed by atoms with Gasteiger partial charge < -0.3 is 5.32 Å². The maximum Gasteiger partial charge on any atom is 0.231 e. The second kappa shape index (κ2) is 7.96. The number of amides is 1. The maximum absolute atomic E-state index is 13.7. The van der Waals surface area contributed by atoms with Gasteiger partial charge in [0, 0.05) is 22.4 Å². The van der Waals surface area contributed by atoms with Gasteiger partial charge in [-0.05, 0) is 37.6 Å². The van der Waals surface area contributed by atoms with Gasteiger partial charge in [-0.1, -0.05) is 54.6 Å². The molecule has 3 nitrogen and oxygen atoms in total. The fourth-order valence-corrected chi connectivity index (χ4v) is 2.84. The van der Waals surface area contributed by atoms with Crippen molar-refractivity contribution in [3.8, 4) is 0 Å². The highest BCUT2D eigenvalue weighted by molar-refractivity contribution is 6.09. The first-order chi connectivity index (χ1) is 13.0. The molecule has 0 saturated heterocycles. The topological polar surface area (TPSA) is 46.2 Å². The van der Waals surface area contributed by atoms with Gasteiger partial charge in [-0.3, -0.25) is 9.59 Å². The number of nitrogens with one attached hydrogen (secondary N) is 1. The molecule has 0 bridgehead atoms. The number of hydrogen-bond donors (Lipinski definition) is 1. The average Bonchev–Trinajstić information content (AvgIpc) is 2.71. The molecule has 0 heterocycles. The molecule has 136 valence electrons. The van der Waals surface area contributed by atoms with E-state index in [1.165, 1.54) is 6.07 Å². The summed E-state index contributed by atoms with van der Waals surface area (Å²) >= 11 is 0. The number of ketones is 1. The molecular formula is C23H20FNO2. The third-order valence-electron chi connectivity index (χ3n) is 4.60. The summed E-state index contributed by atoms with van der Waals surface area (Å²) in [6.45, 7) is 3.38. The molecule has 1 amide bonds. The fourth-order valence-electron chi connectivity index (χ4n) is 2.84. The van der Waals surface area contributed by atoms with Crippen molar-refractivity contribution in [1.29, 1.82) is 0 Å². The molecule has 4 heteroatoms. The smallest absolute Gasteiger partial charge is 0.231 e. The van der Waals surface area contributed by atoms with E-state index < -0.39 is 5.92 Å². The zero-order valence-electron chi connectivity index (χ0n) is 15.2. The Kier molecular flexibility index (Phi) is 5.46. The van der Waals surface area contributed by atoms with Gasteiger partial charge in [-0.25, -0.2) is 4.39 Å². The lowest BCUT2D eigenvalue weighted by molar-refractivity contribution is -0.117. The van der Waals surface area contributed by atoms with E-state index in [4.69, 9.17) is 0 Å². The van der Waals surface area contributed by atoms with Crippen LogP contribution >= 0.6 is 0 Å². The molecule has 0 aliphatic rings. The lowest BCUT2D eigenvalue weighted by Crippen LogP contribution is -2.20. The van der Waals surface area contributed by atoms with E-state index in [1.54, 1.807) is 56.3 Å². The molecule has 0 unspecified atom stereocenters. The number of hydrogen-bond acceptors (Lipinski definition) is 2. The van der Waals surface area contributed by atoms with Crippen LogP contribution in [-0.4, -0.2) is 11.7 Å². The van der Waals surface area contributed by atoms with Crippen LogP contribution in [0, 0.1) is 12.7 Å². The van der Waals surface area contributed by atoms with Gasteiger partial charge in [0.2, 0.25) is 5.91 Å². The van der Waals surface area contributed by atoms with Crippen molar-refractivity contribution in [3.63, 3.8) is 0 Å². The fraction of sp³-hybridized carbons (Fsp3) is 0.130. The van der Waals surface area contributed by atoms with Crippen molar-refractivity contribution >= 4 is 17.4 Å². The van der Waals surface area contributed by atoms with Gasteiger partial charge in [0.15, 0.2) is 5.78 Å². The Morgan fingerprint density at radius 1 is 0.889 bits per heavy atom.